The molecular weight excluding hydrogens is 460 g/mol. The number of nitrogens with zero attached hydrogens (tertiary/aromatic N) is 2. The molecule has 0 saturated carbocycles. The van der Waals surface area contributed by atoms with Gasteiger partial charge in [0.2, 0.25) is 0 Å². The topological polar surface area (TPSA) is 25.8 Å². The van der Waals surface area contributed by atoms with Gasteiger partial charge in [0, 0.05) is 16.3 Å². The minimum absolute atomic E-state index is 0.759. The van der Waals surface area contributed by atoms with Crippen LogP contribution in [0.1, 0.15) is 0 Å². The largest absolute Gasteiger partial charge is 0.228 e. The van der Waals surface area contributed by atoms with Crippen LogP contribution in [0.3, 0.4) is 0 Å². The molecule has 8 rings (SSSR count). The van der Waals surface area contributed by atoms with Crippen LogP contribution in [0.5, 0.6) is 0 Å². The van der Waals surface area contributed by atoms with Gasteiger partial charge in [-0.2, -0.15) is 0 Å². The quantitative estimate of drug-likeness (QED) is 0.234. The van der Waals surface area contributed by atoms with Gasteiger partial charge in [-0.15, -0.1) is 0 Å². The molecule has 0 fully saturated rings. The van der Waals surface area contributed by atoms with Gasteiger partial charge < -0.3 is 0 Å². The van der Waals surface area contributed by atoms with Gasteiger partial charge in [-0.3, -0.25) is 0 Å². The molecule has 2 nitrogen and oxygen atoms in total. The van der Waals surface area contributed by atoms with Gasteiger partial charge >= 0.3 is 0 Å². The third kappa shape index (κ3) is 3.21. The molecule has 0 aliphatic rings. The van der Waals surface area contributed by atoms with Crippen molar-refractivity contribution in [3.8, 4) is 33.6 Å². The van der Waals surface area contributed by atoms with Crippen LogP contribution in [0.4, 0.5) is 0 Å². The van der Waals surface area contributed by atoms with Gasteiger partial charge in [0.05, 0.1) is 11.0 Å². The number of aromatic nitrogens is 2. The Morgan fingerprint density at radius 1 is 0.368 bits per heavy atom. The lowest BCUT2D eigenvalue weighted by Gasteiger charge is -2.18. The average molecular weight is 483 g/mol. The van der Waals surface area contributed by atoms with Crippen molar-refractivity contribution in [1.82, 2.24) is 9.97 Å². The Balaban J connectivity index is 1.49. The minimum atomic E-state index is 0.759. The number of hydrogen-bond acceptors (Lipinski definition) is 2. The predicted molar refractivity (Wildman–Crippen MR) is 160 cm³/mol. The number of rotatable bonds is 3. The highest BCUT2D eigenvalue weighted by Gasteiger charge is 2.18. The highest BCUT2D eigenvalue weighted by atomic mass is 14.9. The van der Waals surface area contributed by atoms with E-state index in [2.05, 4.69) is 115 Å². The van der Waals surface area contributed by atoms with Crippen molar-refractivity contribution in [2.45, 2.75) is 0 Å². The lowest BCUT2D eigenvalue weighted by molar-refractivity contribution is 1.26. The van der Waals surface area contributed by atoms with Crippen LogP contribution in [0.2, 0.25) is 0 Å². The van der Waals surface area contributed by atoms with Crippen molar-refractivity contribution in [3.05, 3.63) is 133 Å². The second kappa shape index (κ2) is 8.22. The molecule has 0 amide bonds. The molecule has 0 spiro atoms. The first-order chi connectivity index (χ1) is 18.8. The van der Waals surface area contributed by atoms with E-state index in [0.29, 0.717) is 0 Å². The second-order valence-electron chi connectivity index (χ2n) is 9.83. The molecule has 1 aromatic heterocycles. The SMILES string of the molecule is c1ccc(-c2nc3ccc4c(-c5ccccc5)cc(-c5ccc6ccccc6c5)c5ccc(n2)c3c45)cc1. The monoisotopic (exact) mass is 482 g/mol. The van der Waals surface area contributed by atoms with Crippen molar-refractivity contribution in [2.24, 2.45) is 0 Å². The molecule has 0 bridgehead atoms. The highest BCUT2D eigenvalue weighted by molar-refractivity contribution is 6.27. The van der Waals surface area contributed by atoms with Gasteiger partial charge in [0.15, 0.2) is 5.82 Å². The molecule has 0 aliphatic carbocycles. The fraction of sp³-hybridized carbons (Fsp3) is 0. The summed E-state index contributed by atoms with van der Waals surface area (Å²) in [5.74, 6) is 0.759. The van der Waals surface area contributed by atoms with Crippen molar-refractivity contribution in [3.63, 3.8) is 0 Å². The Hall–Kier alpha value is -5.08. The van der Waals surface area contributed by atoms with Crippen LogP contribution < -0.4 is 0 Å². The fourth-order valence-electron chi connectivity index (χ4n) is 5.82. The molecule has 8 aromatic rings. The number of hydrogen-bond donors (Lipinski definition) is 0. The average Bonchev–Trinajstić information content (AvgIpc) is 3.00. The molecule has 0 unspecified atom stereocenters. The molecule has 176 valence electrons. The van der Waals surface area contributed by atoms with Crippen LogP contribution in [-0.4, -0.2) is 9.97 Å². The molecule has 0 saturated heterocycles. The lowest BCUT2D eigenvalue weighted by Crippen LogP contribution is -1.96. The van der Waals surface area contributed by atoms with Crippen LogP contribution in [0, 0.1) is 0 Å². The lowest BCUT2D eigenvalue weighted by atomic mass is 9.86. The third-order valence-corrected chi connectivity index (χ3v) is 7.62. The summed E-state index contributed by atoms with van der Waals surface area (Å²) >= 11 is 0. The number of benzene rings is 7. The van der Waals surface area contributed by atoms with Crippen LogP contribution in [0.25, 0.3) is 77.0 Å². The molecule has 2 heteroatoms. The Labute approximate surface area is 220 Å². The van der Waals surface area contributed by atoms with Gasteiger partial charge in [0.1, 0.15) is 0 Å². The smallest absolute Gasteiger partial charge is 0.160 e. The molecule has 0 aliphatic heterocycles. The minimum Gasteiger partial charge on any atom is -0.228 e. The van der Waals surface area contributed by atoms with Crippen LogP contribution >= 0.6 is 0 Å². The van der Waals surface area contributed by atoms with E-state index in [4.69, 9.17) is 9.97 Å². The van der Waals surface area contributed by atoms with Crippen LogP contribution in [-0.2, 0) is 0 Å². The Bertz CT molecular complexity index is 2090. The van der Waals surface area contributed by atoms with Gasteiger partial charge in [0.25, 0.3) is 0 Å². The maximum Gasteiger partial charge on any atom is 0.160 e. The van der Waals surface area contributed by atoms with Crippen molar-refractivity contribution in [2.75, 3.05) is 0 Å². The summed E-state index contributed by atoms with van der Waals surface area (Å²) in [6, 6.07) is 47.4. The first kappa shape index (κ1) is 21.0. The summed E-state index contributed by atoms with van der Waals surface area (Å²) in [7, 11) is 0. The summed E-state index contributed by atoms with van der Waals surface area (Å²) in [6.07, 6.45) is 0. The van der Waals surface area contributed by atoms with E-state index >= 15 is 0 Å². The maximum atomic E-state index is 5.03. The van der Waals surface area contributed by atoms with E-state index in [9.17, 15) is 0 Å². The second-order valence-corrected chi connectivity index (χ2v) is 9.83. The zero-order chi connectivity index (χ0) is 25.1. The third-order valence-electron chi connectivity index (χ3n) is 7.62. The Morgan fingerprint density at radius 2 is 0.947 bits per heavy atom. The van der Waals surface area contributed by atoms with Gasteiger partial charge in [-0.25, -0.2) is 9.97 Å². The van der Waals surface area contributed by atoms with Gasteiger partial charge in [-0.05, 0) is 68.1 Å². The molecule has 0 radical (unpaired) electrons. The van der Waals surface area contributed by atoms with E-state index in [1.54, 1.807) is 0 Å². The Morgan fingerprint density at radius 3 is 1.63 bits per heavy atom. The van der Waals surface area contributed by atoms with E-state index < -0.39 is 0 Å². The summed E-state index contributed by atoms with van der Waals surface area (Å²) in [5, 5.41) is 7.30. The number of fused-ring (bicyclic) bond motifs is 1. The van der Waals surface area contributed by atoms with Crippen molar-refractivity contribution < 1.29 is 0 Å². The molecule has 1 heterocycles. The van der Waals surface area contributed by atoms with E-state index in [1.807, 2.05) is 18.2 Å². The normalized spacial score (nSPS) is 11.7. The zero-order valence-corrected chi connectivity index (χ0v) is 20.6. The van der Waals surface area contributed by atoms with Gasteiger partial charge in [-0.1, -0.05) is 109 Å². The van der Waals surface area contributed by atoms with E-state index in [-0.39, 0.29) is 0 Å². The predicted octanol–water partition coefficient (Wildman–Crippen LogP) is 9.53. The van der Waals surface area contributed by atoms with E-state index in [1.165, 1.54) is 49.2 Å². The summed E-state index contributed by atoms with van der Waals surface area (Å²) in [4.78, 5) is 10.1. The van der Waals surface area contributed by atoms with Crippen LogP contribution in [0.15, 0.2) is 133 Å². The highest BCUT2D eigenvalue weighted by Crippen LogP contribution is 2.44. The zero-order valence-electron chi connectivity index (χ0n) is 20.6. The fourth-order valence-corrected chi connectivity index (χ4v) is 5.82. The first-order valence-electron chi connectivity index (χ1n) is 12.9. The maximum absolute atomic E-state index is 5.03. The van der Waals surface area contributed by atoms with Crippen molar-refractivity contribution >= 4 is 43.4 Å². The standard InChI is InChI=1S/C36H22N2/c1-3-10-24(11-4-1)30-22-31(27-16-15-23-9-7-8-14-26(23)21-27)29-18-20-33-35-32(19-17-28(30)34(29)35)37-36(38-33)25-12-5-2-6-13-25/h1-22H. The van der Waals surface area contributed by atoms with Crippen molar-refractivity contribution in [1.29, 1.82) is 0 Å². The molecule has 7 aromatic carbocycles. The van der Waals surface area contributed by atoms with E-state index in [0.717, 1.165) is 27.8 Å². The summed E-state index contributed by atoms with van der Waals surface area (Å²) in [6.45, 7) is 0. The summed E-state index contributed by atoms with van der Waals surface area (Å²) < 4.78 is 0. The molecule has 38 heavy (non-hydrogen) atoms. The molecule has 0 atom stereocenters. The summed E-state index contributed by atoms with van der Waals surface area (Å²) in [5.41, 5.74) is 7.84. The molecule has 0 N–H and O–H groups in total. The molecular formula is C36H22N2. The first-order valence-corrected chi connectivity index (χ1v) is 12.9. The Kier molecular flexibility index (Phi) is 4.55.